The fourth-order valence-corrected chi connectivity index (χ4v) is 2.91. The third-order valence-electron chi connectivity index (χ3n) is 3.91. The highest BCUT2D eigenvalue weighted by atomic mass is 35.5. The van der Waals surface area contributed by atoms with E-state index in [0.717, 1.165) is 0 Å². The van der Waals surface area contributed by atoms with Gasteiger partial charge in [0.2, 0.25) is 0 Å². The predicted molar refractivity (Wildman–Crippen MR) is 107 cm³/mol. The summed E-state index contributed by atoms with van der Waals surface area (Å²) < 4.78 is 24.5. The lowest BCUT2D eigenvalue weighted by Gasteiger charge is -2.13. The molecule has 0 atom stereocenters. The summed E-state index contributed by atoms with van der Waals surface area (Å²) in [6.07, 6.45) is 0. The summed E-state index contributed by atoms with van der Waals surface area (Å²) in [5.74, 6) is 0.00977. The van der Waals surface area contributed by atoms with Crippen LogP contribution in [-0.4, -0.2) is 13.0 Å². The van der Waals surface area contributed by atoms with E-state index in [9.17, 15) is 9.18 Å². The fraction of sp³-hybridized carbons (Fsp3) is 0.0952. The van der Waals surface area contributed by atoms with E-state index in [1.165, 1.54) is 19.2 Å². The Bertz CT molecular complexity index is 993. The number of carbonyl (C=O) groups is 1. The van der Waals surface area contributed by atoms with Gasteiger partial charge in [-0.15, -0.1) is 0 Å². The zero-order valence-corrected chi connectivity index (χ0v) is 16.4. The van der Waals surface area contributed by atoms with Crippen LogP contribution in [0.3, 0.4) is 0 Å². The minimum absolute atomic E-state index is 0.116. The second-order valence-electron chi connectivity index (χ2n) is 5.82. The summed E-state index contributed by atoms with van der Waals surface area (Å²) in [6.45, 7) is 0.116. The Hall–Kier alpha value is -2.76. The molecule has 0 saturated heterocycles. The van der Waals surface area contributed by atoms with E-state index in [-0.39, 0.29) is 22.9 Å². The molecule has 28 heavy (non-hydrogen) atoms. The van der Waals surface area contributed by atoms with Crippen LogP contribution in [0.15, 0.2) is 60.7 Å². The van der Waals surface area contributed by atoms with E-state index < -0.39 is 11.7 Å². The molecule has 0 unspecified atom stereocenters. The van der Waals surface area contributed by atoms with Crippen molar-refractivity contribution in [1.82, 2.24) is 5.32 Å². The van der Waals surface area contributed by atoms with Gasteiger partial charge in [-0.3, -0.25) is 4.79 Å². The maximum Gasteiger partial charge on any atom is 0.256 e. The molecular weight excluding hydrogens is 404 g/mol. The van der Waals surface area contributed by atoms with Crippen LogP contribution in [0.4, 0.5) is 4.39 Å². The molecule has 0 radical (unpaired) electrons. The number of halogens is 3. The van der Waals surface area contributed by atoms with E-state index in [1.807, 2.05) is 0 Å². The number of hydrogen-bond acceptors (Lipinski definition) is 3. The van der Waals surface area contributed by atoms with Crippen LogP contribution in [0.2, 0.25) is 10.0 Å². The molecule has 0 fully saturated rings. The zero-order chi connectivity index (χ0) is 20.1. The maximum atomic E-state index is 13.8. The highest BCUT2D eigenvalue weighted by molar-refractivity contribution is 6.34. The number of methoxy groups -OCH3 is 1. The molecule has 3 aromatic carbocycles. The summed E-state index contributed by atoms with van der Waals surface area (Å²) in [6, 6.07) is 16.1. The molecule has 0 heterocycles. The number of benzene rings is 3. The standard InChI is InChI=1S/C21H16Cl2FNO3/c1-27-18-10-5-13(11-17(18)24)12-25-21(26)20-16(23)3-2-4-19(20)28-15-8-6-14(22)7-9-15/h2-11H,12H2,1H3,(H,25,26). The van der Waals surface area contributed by atoms with Gasteiger partial charge in [-0.2, -0.15) is 0 Å². The molecular formula is C21H16Cl2FNO3. The second kappa shape index (κ2) is 8.95. The number of amides is 1. The Kier molecular flexibility index (Phi) is 6.39. The summed E-state index contributed by atoms with van der Waals surface area (Å²) in [5.41, 5.74) is 0.770. The fourth-order valence-electron chi connectivity index (χ4n) is 2.53. The number of carbonyl (C=O) groups excluding carboxylic acids is 1. The molecule has 0 aliphatic rings. The Morgan fingerprint density at radius 2 is 1.79 bits per heavy atom. The number of nitrogens with one attached hydrogen (secondary N) is 1. The van der Waals surface area contributed by atoms with Gasteiger partial charge in [0, 0.05) is 11.6 Å². The van der Waals surface area contributed by atoms with E-state index in [0.29, 0.717) is 22.1 Å². The maximum absolute atomic E-state index is 13.8. The largest absolute Gasteiger partial charge is 0.494 e. The highest BCUT2D eigenvalue weighted by Gasteiger charge is 2.17. The van der Waals surface area contributed by atoms with Gasteiger partial charge in [-0.05, 0) is 54.1 Å². The lowest BCUT2D eigenvalue weighted by molar-refractivity contribution is 0.0948. The van der Waals surface area contributed by atoms with Crippen molar-refractivity contribution < 1.29 is 18.7 Å². The van der Waals surface area contributed by atoms with Crippen molar-refractivity contribution in [2.24, 2.45) is 0 Å². The molecule has 0 spiro atoms. The quantitative estimate of drug-likeness (QED) is 0.543. The third kappa shape index (κ3) is 4.74. The van der Waals surface area contributed by atoms with Gasteiger partial charge in [-0.1, -0.05) is 35.3 Å². The first-order valence-corrected chi connectivity index (χ1v) is 9.06. The van der Waals surface area contributed by atoms with Crippen LogP contribution < -0.4 is 14.8 Å². The lowest BCUT2D eigenvalue weighted by Crippen LogP contribution is -2.23. The van der Waals surface area contributed by atoms with E-state index in [1.54, 1.807) is 48.5 Å². The summed E-state index contributed by atoms with van der Waals surface area (Å²) in [4.78, 5) is 12.7. The monoisotopic (exact) mass is 419 g/mol. The first-order valence-electron chi connectivity index (χ1n) is 8.30. The van der Waals surface area contributed by atoms with E-state index in [4.69, 9.17) is 32.7 Å². The van der Waals surface area contributed by atoms with E-state index >= 15 is 0 Å². The molecule has 7 heteroatoms. The van der Waals surface area contributed by atoms with Crippen LogP contribution in [-0.2, 0) is 6.54 Å². The van der Waals surface area contributed by atoms with Crippen LogP contribution in [0.5, 0.6) is 17.2 Å². The topological polar surface area (TPSA) is 47.6 Å². The number of ether oxygens (including phenoxy) is 2. The summed E-state index contributed by atoms with van der Waals surface area (Å²) in [5, 5.41) is 3.54. The van der Waals surface area contributed by atoms with Gasteiger partial charge >= 0.3 is 0 Å². The Morgan fingerprint density at radius 1 is 1.04 bits per heavy atom. The second-order valence-corrected chi connectivity index (χ2v) is 6.66. The van der Waals surface area contributed by atoms with Crippen LogP contribution >= 0.6 is 23.2 Å². The Morgan fingerprint density at radius 3 is 2.46 bits per heavy atom. The minimum Gasteiger partial charge on any atom is -0.494 e. The van der Waals surface area contributed by atoms with Crippen molar-refractivity contribution in [3.8, 4) is 17.2 Å². The van der Waals surface area contributed by atoms with Gasteiger partial charge in [0.05, 0.1) is 12.1 Å². The molecule has 0 saturated carbocycles. The van der Waals surface area contributed by atoms with Crippen molar-refractivity contribution >= 4 is 29.1 Å². The molecule has 3 rings (SSSR count). The van der Waals surface area contributed by atoms with Crippen LogP contribution in [0.1, 0.15) is 15.9 Å². The van der Waals surface area contributed by atoms with Crippen molar-refractivity contribution in [2.75, 3.05) is 7.11 Å². The lowest BCUT2D eigenvalue weighted by atomic mass is 10.1. The summed E-state index contributed by atoms with van der Waals surface area (Å²) in [7, 11) is 1.39. The molecule has 0 aliphatic carbocycles. The SMILES string of the molecule is COc1ccc(CNC(=O)c2c(Cl)cccc2Oc2ccc(Cl)cc2)cc1F. The molecule has 144 valence electrons. The average Bonchev–Trinajstić information content (AvgIpc) is 2.68. The Labute approximate surface area is 171 Å². The molecule has 1 amide bonds. The smallest absolute Gasteiger partial charge is 0.256 e. The number of rotatable bonds is 6. The van der Waals surface area contributed by atoms with Crippen molar-refractivity contribution in [3.63, 3.8) is 0 Å². The molecule has 3 aromatic rings. The summed E-state index contributed by atoms with van der Waals surface area (Å²) >= 11 is 12.1. The highest BCUT2D eigenvalue weighted by Crippen LogP contribution is 2.31. The van der Waals surface area contributed by atoms with Crippen molar-refractivity contribution in [1.29, 1.82) is 0 Å². The molecule has 0 aromatic heterocycles. The third-order valence-corrected chi connectivity index (χ3v) is 4.48. The minimum atomic E-state index is -0.501. The average molecular weight is 420 g/mol. The van der Waals surface area contributed by atoms with Crippen LogP contribution in [0.25, 0.3) is 0 Å². The van der Waals surface area contributed by atoms with Gasteiger partial charge in [-0.25, -0.2) is 4.39 Å². The predicted octanol–water partition coefficient (Wildman–Crippen LogP) is 5.86. The van der Waals surface area contributed by atoms with Gasteiger partial charge in [0.1, 0.15) is 17.1 Å². The van der Waals surface area contributed by atoms with Gasteiger partial charge < -0.3 is 14.8 Å². The molecule has 0 bridgehead atoms. The van der Waals surface area contributed by atoms with E-state index in [2.05, 4.69) is 5.32 Å². The van der Waals surface area contributed by atoms with Crippen molar-refractivity contribution in [3.05, 3.63) is 87.7 Å². The molecule has 4 nitrogen and oxygen atoms in total. The Balaban J connectivity index is 1.77. The van der Waals surface area contributed by atoms with Gasteiger partial charge in [0.25, 0.3) is 5.91 Å². The van der Waals surface area contributed by atoms with Gasteiger partial charge in [0.15, 0.2) is 11.6 Å². The van der Waals surface area contributed by atoms with Crippen molar-refractivity contribution in [2.45, 2.75) is 6.54 Å². The molecule has 0 aliphatic heterocycles. The number of hydrogen-bond donors (Lipinski definition) is 1. The van der Waals surface area contributed by atoms with Crippen LogP contribution in [0, 0.1) is 5.82 Å². The first-order chi connectivity index (χ1) is 13.5. The first kappa shape index (κ1) is 20.0. The zero-order valence-electron chi connectivity index (χ0n) is 14.8. The molecule has 1 N–H and O–H groups in total. The normalized spacial score (nSPS) is 10.4.